The van der Waals surface area contributed by atoms with Crippen molar-refractivity contribution in [2.75, 3.05) is 0 Å². The van der Waals surface area contributed by atoms with Crippen LogP contribution in [0.15, 0.2) is 18.2 Å². The number of benzene rings is 1. The summed E-state index contributed by atoms with van der Waals surface area (Å²) < 4.78 is 5.98. The summed E-state index contributed by atoms with van der Waals surface area (Å²) in [5, 5.41) is 10.8. The Hall–Kier alpha value is -0.730. The molecule has 1 N–H and O–H groups in total. The lowest BCUT2D eigenvalue weighted by Crippen LogP contribution is -2.32. The standard InChI is InChI=1S/C14H19ClO2/c1-3-9(4-2)14-8-12(16)11-7-10(15)5-6-13(11)17-14/h5-7,9,12,14,16H,3-4,8H2,1-2H3/t12-,14?/m1/s1. The summed E-state index contributed by atoms with van der Waals surface area (Å²) in [6.45, 7) is 4.34. The van der Waals surface area contributed by atoms with Gasteiger partial charge in [-0.2, -0.15) is 0 Å². The molecule has 0 radical (unpaired) electrons. The second kappa shape index (κ2) is 5.28. The summed E-state index contributed by atoms with van der Waals surface area (Å²) in [5.74, 6) is 1.29. The second-order valence-corrected chi connectivity index (χ2v) is 5.10. The zero-order chi connectivity index (χ0) is 12.4. The van der Waals surface area contributed by atoms with E-state index in [1.165, 1.54) is 0 Å². The molecule has 0 aliphatic carbocycles. The fraction of sp³-hybridized carbons (Fsp3) is 0.571. The summed E-state index contributed by atoms with van der Waals surface area (Å²) in [4.78, 5) is 0. The molecule has 94 valence electrons. The number of rotatable bonds is 3. The van der Waals surface area contributed by atoms with E-state index < -0.39 is 6.10 Å². The summed E-state index contributed by atoms with van der Waals surface area (Å²) in [6, 6.07) is 5.46. The van der Waals surface area contributed by atoms with Gasteiger partial charge in [0.15, 0.2) is 0 Å². The van der Waals surface area contributed by atoms with Crippen molar-refractivity contribution in [3.63, 3.8) is 0 Å². The van der Waals surface area contributed by atoms with Crippen LogP contribution in [0.4, 0.5) is 0 Å². The molecule has 1 aromatic rings. The number of aliphatic hydroxyl groups is 1. The number of hydrogen-bond donors (Lipinski definition) is 1. The van der Waals surface area contributed by atoms with E-state index in [9.17, 15) is 5.11 Å². The van der Waals surface area contributed by atoms with Crippen molar-refractivity contribution in [1.82, 2.24) is 0 Å². The normalized spacial score (nSPS) is 23.4. The van der Waals surface area contributed by atoms with Gasteiger partial charge in [-0.1, -0.05) is 25.4 Å². The molecule has 0 saturated carbocycles. The zero-order valence-corrected chi connectivity index (χ0v) is 11.1. The van der Waals surface area contributed by atoms with Crippen molar-refractivity contribution in [3.8, 4) is 5.75 Å². The van der Waals surface area contributed by atoms with Gasteiger partial charge in [0.2, 0.25) is 0 Å². The number of fused-ring (bicyclic) bond motifs is 1. The van der Waals surface area contributed by atoms with Crippen molar-refractivity contribution in [2.45, 2.75) is 45.3 Å². The van der Waals surface area contributed by atoms with Crippen LogP contribution in [0, 0.1) is 5.92 Å². The molecule has 2 nitrogen and oxygen atoms in total. The topological polar surface area (TPSA) is 29.5 Å². The smallest absolute Gasteiger partial charge is 0.125 e. The third-order valence-electron chi connectivity index (χ3n) is 3.64. The monoisotopic (exact) mass is 254 g/mol. The van der Waals surface area contributed by atoms with E-state index in [4.69, 9.17) is 16.3 Å². The second-order valence-electron chi connectivity index (χ2n) is 4.67. The van der Waals surface area contributed by atoms with Crippen LogP contribution in [-0.2, 0) is 0 Å². The first-order valence-corrected chi connectivity index (χ1v) is 6.67. The summed E-state index contributed by atoms with van der Waals surface area (Å²) in [7, 11) is 0. The van der Waals surface area contributed by atoms with Crippen molar-refractivity contribution in [1.29, 1.82) is 0 Å². The summed E-state index contributed by atoms with van der Waals surface area (Å²) >= 11 is 5.93. The number of hydrogen-bond acceptors (Lipinski definition) is 2. The molecule has 0 fully saturated rings. The van der Waals surface area contributed by atoms with Gasteiger partial charge in [0.25, 0.3) is 0 Å². The Balaban J connectivity index is 2.24. The molecular formula is C14H19ClO2. The lowest BCUT2D eigenvalue weighted by Gasteiger charge is -2.34. The minimum absolute atomic E-state index is 0.119. The molecule has 0 aromatic heterocycles. The molecule has 2 rings (SSSR count). The first kappa shape index (κ1) is 12.7. The van der Waals surface area contributed by atoms with E-state index in [0.29, 0.717) is 17.4 Å². The number of aliphatic hydroxyl groups excluding tert-OH is 1. The largest absolute Gasteiger partial charge is 0.490 e. The molecule has 17 heavy (non-hydrogen) atoms. The Morgan fingerprint density at radius 3 is 2.76 bits per heavy atom. The Morgan fingerprint density at radius 1 is 1.41 bits per heavy atom. The highest BCUT2D eigenvalue weighted by molar-refractivity contribution is 6.30. The molecule has 1 aliphatic rings. The predicted octanol–water partition coefficient (Wildman–Crippen LogP) is 3.96. The quantitative estimate of drug-likeness (QED) is 0.885. The fourth-order valence-corrected chi connectivity index (χ4v) is 2.73. The maximum absolute atomic E-state index is 10.2. The van der Waals surface area contributed by atoms with Crippen molar-refractivity contribution < 1.29 is 9.84 Å². The van der Waals surface area contributed by atoms with E-state index in [2.05, 4.69) is 13.8 Å². The van der Waals surface area contributed by atoms with Crippen molar-refractivity contribution in [3.05, 3.63) is 28.8 Å². The molecule has 0 spiro atoms. The van der Waals surface area contributed by atoms with Gasteiger partial charge in [0.1, 0.15) is 11.9 Å². The highest BCUT2D eigenvalue weighted by atomic mass is 35.5. The van der Waals surface area contributed by atoms with Crippen molar-refractivity contribution >= 4 is 11.6 Å². The van der Waals surface area contributed by atoms with Crippen LogP contribution < -0.4 is 4.74 Å². The Kier molecular flexibility index (Phi) is 3.95. The van der Waals surface area contributed by atoms with Crippen LogP contribution in [-0.4, -0.2) is 11.2 Å². The van der Waals surface area contributed by atoms with Gasteiger partial charge < -0.3 is 9.84 Å². The van der Waals surface area contributed by atoms with Gasteiger partial charge in [0, 0.05) is 17.0 Å². The lowest BCUT2D eigenvalue weighted by atomic mass is 9.88. The van der Waals surface area contributed by atoms with E-state index in [1.807, 2.05) is 12.1 Å². The van der Waals surface area contributed by atoms with Crippen LogP contribution in [0.3, 0.4) is 0 Å². The van der Waals surface area contributed by atoms with Gasteiger partial charge in [-0.05, 0) is 37.0 Å². The summed E-state index contributed by atoms with van der Waals surface area (Å²) in [5.41, 5.74) is 0.819. The SMILES string of the molecule is CCC(CC)C1C[C@@H](O)c2cc(Cl)ccc2O1. The average Bonchev–Trinajstić information content (AvgIpc) is 2.32. The third kappa shape index (κ3) is 2.58. The number of halogens is 1. The molecule has 1 unspecified atom stereocenters. The molecule has 1 heterocycles. The van der Waals surface area contributed by atoms with Crippen LogP contribution in [0.1, 0.15) is 44.8 Å². The highest BCUT2D eigenvalue weighted by Gasteiger charge is 2.30. The number of ether oxygens (including phenoxy) is 1. The van der Waals surface area contributed by atoms with E-state index in [0.717, 1.165) is 24.2 Å². The van der Waals surface area contributed by atoms with Gasteiger partial charge in [0.05, 0.1) is 6.10 Å². The molecule has 3 heteroatoms. The molecular weight excluding hydrogens is 236 g/mol. The van der Waals surface area contributed by atoms with Crippen LogP contribution in [0.5, 0.6) is 5.75 Å². The highest BCUT2D eigenvalue weighted by Crippen LogP contribution is 2.39. The molecule has 0 amide bonds. The van der Waals surface area contributed by atoms with Gasteiger partial charge in [-0.25, -0.2) is 0 Å². The third-order valence-corrected chi connectivity index (χ3v) is 3.87. The Morgan fingerprint density at radius 2 is 2.12 bits per heavy atom. The average molecular weight is 255 g/mol. The molecule has 2 atom stereocenters. The van der Waals surface area contributed by atoms with Gasteiger partial charge >= 0.3 is 0 Å². The maximum atomic E-state index is 10.2. The molecule has 1 aliphatic heterocycles. The van der Waals surface area contributed by atoms with Crippen LogP contribution in [0.25, 0.3) is 0 Å². The summed E-state index contributed by atoms with van der Waals surface area (Å²) in [6.07, 6.45) is 2.49. The first-order valence-electron chi connectivity index (χ1n) is 6.29. The van der Waals surface area contributed by atoms with Gasteiger partial charge in [-0.15, -0.1) is 0 Å². The molecule has 0 saturated heterocycles. The van der Waals surface area contributed by atoms with Crippen molar-refractivity contribution in [2.24, 2.45) is 5.92 Å². The predicted molar refractivity (Wildman–Crippen MR) is 69.5 cm³/mol. The Labute approximate surface area is 108 Å². The van der Waals surface area contributed by atoms with E-state index in [1.54, 1.807) is 6.07 Å². The van der Waals surface area contributed by atoms with E-state index in [-0.39, 0.29) is 6.10 Å². The lowest BCUT2D eigenvalue weighted by molar-refractivity contribution is 0.0317. The molecule has 0 bridgehead atoms. The first-order chi connectivity index (χ1) is 8.15. The minimum atomic E-state index is -0.456. The Bertz CT molecular complexity index is 388. The zero-order valence-electron chi connectivity index (χ0n) is 10.3. The van der Waals surface area contributed by atoms with Crippen LogP contribution in [0.2, 0.25) is 5.02 Å². The minimum Gasteiger partial charge on any atom is -0.490 e. The molecule has 1 aromatic carbocycles. The fourth-order valence-electron chi connectivity index (χ4n) is 2.55. The van der Waals surface area contributed by atoms with Crippen LogP contribution >= 0.6 is 11.6 Å². The van der Waals surface area contributed by atoms with E-state index >= 15 is 0 Å². The maximum Gasteiger partial charge on any atom is 0.125 e. The van der Waals surface area contributed by atoms with Gasteiger partial charge in [-0.3, -0.25) is 0 Å².